The van der Waals surface area contributed by atoms with Gasteiger partial charge in [0.2, 0.25) is 0 Å². The molecule has 0 spiro atoms. The second-order valence-corrected chi connectivity index (χ2v) is 7.19. The van der Waals surface area contributed by atoms with Crippen LogP contribution in [0.5, 0.6) is 11.5 Å². The fourth-order valence-electron chi connectivity index (χ4n) is 3.28. The van der Waals surface area contributed by atoms with Gasteiger partial charge in [-0.25, -0.2) is 0 Å². The molecule has 1 heterocycles. The number of aliphatic imine (C=N–C) groups is 1. The molecule has 7 nitrogen and oxygen atoms in total. The Morgan fingerprint density at radius 2 is 2.00 bits per heavy atom. The first kappa shape index (κ1) is 25.8. The molecule has 0 aliphatic carbocycles. The van der Waals surface area contributed by atoms with Gasteiger partial charge in [0.25, 0.3) is 0 Å². The first-order chi connectivity index (χ1) is 13.5. The van der Waals surface area contributed by atoms with Crippen LogP contribution >= 0.6 is 24.0 Å². The normalized spacial score (nSPS) is 19.6. The van der Waals surface area contributed by atoms with Gasteiger partial charge >= 0.3 is 0 Å². The van der Waals surface area contributed by atoms with Crippen LogP contribution in [-0.2, 0) is 4.74 Å². The molecule has 0 aromatic heterocycles. The second-order valence-electron chi connectivity index (χ2n) is 7.19. The van der Waals surface area contributed by atoms with E-state index in [-0.39, 0.29) is 30.1 Å². The molecule has 0 saturated carbocycles. The van der Waals surface area contributed by atoms with E-state index in [1.54, 1.807) is 7.11 Å². The smallest absolute Gasteiger partial charge is 0.191 e. The number of guanidine groups is 1. The lowest BCUT2D eigenvalue weighted by molar-refractivity contribution is -0.0165. The molecule has 2 N–H and O–H groups in total. The largest absolute Gasteiger partial charge is 0.493 e. The zero-order valence-corrected chi connectivity index (χ0v) is 20.6. The van der Waals surface area contributed by atoms with Crippen LogP contribution in [0.1, 0.15) is 27.7 Å². The summed E-state index contributed by atoms with van der Waals surface area (Å²) in [5.74, 6) is 2.30. The lowest BCUT2D eigenvalue weighted by atomic mass is 10.2. The number of para-hydroxylation sites is 2. The summed E-state index contributed by atoms with van der Waals surface area (Å²) in [5.41, 5.74) is 0. The highest BCUT2D eigenvalue weighted by Crippen LogP contribution is 2.26. The first-order valence-electron chi connectivity index (χ1n) is 10.2. The van der Waals surface area contributed by atoms with Gasteiger partial charge in [-0.15, -0.1) is 24.0 Å². The third-order valence-corrected chi connectivity index (χ3v) is 4.80. The summed E-state index contributed by atoms with van der Waals surface area (Å²) in [4.78, 5) is 7.23. The molecule has 0 bridgehead atoms. The summed E-state index contributed by atoms with van der Waals surface area (Å²) in [5, 5.41) is 6.69. The van der Waals surface area contributed by atoms with Crippen LogP contribution in [-0.4, -0.2) is 75.5 Å². The SMILES string of the molecule is CCNC(=NCC(C)N1CCOCC1C)NCC(C)Oc1ccccc1OC.I. The van der Waals surface area contributed by atoms with Crippen molar-refractivity contribution >= 4 is 29.9 Å². The van der Waals surface area contributed by atoms with Crippen LogP contribution < -0.4 is 20.1 Å². The minimum absolute atomic E-state index is 0. The third-order valence-electron chi connectivity index (χ3n) is 4.80. The average Bonchev–Trinajstić information content (AvgIpc) is 2.70. The van der Waals surface area contributed by atoms with Crippen LogP contribution in [0.25, 0.3) is 0 Å². The number of halogens is 1. The van der Waals surface area contributed by atoms with Crippen molar-refractivity contribution in [2.75, 3.05) is 46.5 Å². The lowest BCUT2D eigenvalue weighted by Gasteiger charge is -2.37. The number of hydrogen-bond donors (Lipinski definition) is 2. The van der Waals surface area contributed by atoms with Crippen molar-refractivity contribution in [3.8, 4) is 11.5 Å². The number of nitrogens with one attached hydrogen (secondary N) is 2. The van der Waals surface area contributed by atoms with Gasteiger partial charge < -0.3 is 24.8 Å². The minimum Gasteiger partial charge on any atom is -0.493 e. The molecule has 1 aliphatic rings. The molecule has 1 aromatic rings. The Kier molecular flexibility index (Phi) is 12.3. The minimum atomic E-state index is -0.0307. The standard InChI is InChI=1S/C21H36N4O3.HI/c1-6-22-21(23-13-16(2)25-11-12-27-15-17(25)3)24-14-18(4)28-20-10-8-7-9-19(20)26-5;/h7-10,16-18H,6,11-15H2,1-5H3,(H2,22,23,24);1H. The molecule has 1 aliphatic heterocycles. The Morgan fingerprint density at radius 3 is 2.66 bits per heavy atom. The van der Waals surface area contributed by atoms with E-state index in [4.69, 9.17) is 19.2 Å². The average molecular weight is 520 g/mol. The third kappa shape index (κ3) is 8.55. The van der Waals surface area contributed by atoms with Crippen LogP contribution in [0.4, 0.5) is 0 Å². The van der Waals surface area contributed by atoms with Crippen molar-refractivity contribution in [2.45, 2.75) is 45.9 Å². The number of methoxy groups -OCH3 is 1. The molecule has 8 heteroatoms. The molecular formula is C21H37IN4O3. The highest BCUT2D eigenvalue weighted by atomic mass is 127. The maximum atomic E-state index is 6.01. The van der Waals surface area contributed by atoms with Crippen LogP contribution in [0.2, 0.25) is 0 Å². The van der Waals surface area contributed by atoms with Crippen molar-refractivity contribution < 1.29 is 14.2 Å². The van der Waals surface area contributed by atoms with Crippen molar-refractivity contribution in [1.82, 2.24) is 15.5 Å². The monoisotopic (exact) mass is 520 g/mol. The highest BCUT2D eigenvalue weighted by molar-refractivity contribution is 14.0. The zero-order valence-electron chi connectivity index (χ0n) is 18.3. The number of ether oxygens (including phenoxy) is 3. The van der Waals surface area contributed by atoms with Crippen molar-refractivity contribution in [3.63, 3.8) is 0 Å². The topological polar surface area (TPSA) is 67.4 Å². The van der Waals surface area contributed by atoms with Crippen molar-refractivity contribution in [3.05, 3.63) is 24.3 Å². The first-order valence-corrected chi connectivity index (χ1v) is 10.2. The number of rotatable bonds is 9. The molecule has 1 aromatic carbocycles. The predicted molar refractivity (Wildman–Crippen MR) is 129 cm³/mol. The van der Waals surface area contributed by atoms with Gasteiger partial charge in [-0.3, -0.25) is 9.89 Å². The van der Waals surface area contributed by atoms with Crippen molar-refractivity contribution in [1.29, 1.82) is 0 Å². The van der Waals surface area contributed by atoms with E-state index in [0.717, 1.165) is 50.3 Å². The summed E-state index contributed by atoms with van der Waals surface area (Å²) < 4.78 is 16.9. The number of benzene rings is 1. The molecule has 1 saturated heterocycles. The molecule has 0 amide bonds. The van der Waals surface area contributed by atoms with E-state index in [1.807, 2.05) is 31.2 Å². The summed E-state index contributed by atoms with van der Waals surface area (Å²) in [7, 11) is 1.65. The quantitative estimate of drug-likeness (QED) is 0.297. The maximum Gasteiger partial charge on any atom is 0.191 e. The predicted octanol–water partition coefficient (Wildman–Crippen LogP) is 2.74. The van der Waals surface area contributed by atoms with E-state index in [9.17, 15) is 0 Å². The zero-order chi connectivity index (χ0) is 20.4. The van der Waals surface area contributed by atoms with Crippen LogP contribution in [0.3, 0.4) is 0 Å². The number of morpholine rings is 1. The molecular weight excluding hydrogens is 483 g/mol. The Balaban J connectivity index is 0.00000420. The van der Waals surface area contributed by atoms with Gasteiger partial charge in [0.05, 0.1) is 33.4 Å². The van der Waals surface area contributed by atoms with Crippen LogP contribution in [0.15, 0.2) is 29.3 Å². The Bertz CT molecular complexity index is 617. The molecule has 1 fully saturated rings. The second kappa shape index (κ2) is 13.9. The molecule has 0 radical (unpaired) electrons. The number of nitrogens with zero attached hydrogens (tertiary/aromatic N) is 2. The Hall–Kier alpha value is -1.26. The molecule has 2 rings (SSSR count). The summed E-state index contributed by atoms with van der Waals surface area (Å²) >= 11 is 0. The Labute approximate surface area is 192 Å². The Morgan fingerprint density at radius 1 is 1.28 bits per heavy atom. The molecule has 29 heavy (non-hydrogen) atoms. The van der Waals surface area contributed by atoms with E-state index in [1.165, 1.54) is 0 Å². The summed E-state index contributed by atoms with van der Waals surface area (Å²) in [6.07, 6.45) is -0.0307. The van der Waals surface area contributed by atoms with E-state index < -0.39 is 0 Å². The van der Waals surface area contributed by atoms with Gasteiger partial charge in [-0.05, 0) is 39.8 Å². The summed E-state index contributed by atoms with van der Waals surface area (Å²) in [6, 6.07) is 8.49. The van der Waals surface area contributed by atoms with Crippen LogP contribution in [0, 0.1) is 0 Å². The van der Waals surface area contributed by atoms with Gasteiger partial charge in [-0.1, -0.05) is 12.1 Å². The summed E-state index contributed by atoms with van der Waals surface area (Å²) in [6.45, 7) is 13.3. The van der Waals surface area contributed by atoms with E-state index in [2.05, 4.69) is 36.3 Å². The van der Waals surface area contributed by atoms with E-state index >= 15 is 0 Å². The fraction of sp³-hybridized carbons (Fsp3) is 0.667. The highest BCUT2D eigenvalue weighted by Gasteiger charge is 2.23. The maximum absolute atomic E-state index is 6.01. The van der Waals surface area contributed by atoms with Gasteiger partial charge in [0.15, 0.2) is 17.5 Å². The molecule has 3 unspecified atom stereocenters. The number of hydrogen-bond acceptors (Lipinski definition) is 5. The fourth-order valence-corrected chi connectivity index (χ4v) is 3.28. The van der Waals surface area contributed by atoms with Gasteiger partial charge in [0.1, 0.15) is 6.10 Å². The van der Waals surface area contributed by atoms with Gasteiger partial charge in [-0.2, -0.15) is 0 Å². The lowest BCUT2D eigenvalue weighted by Crippen LogP contribution is -2.50. The van der Waals surface area contributed by atoms with E-state index in [0.29, 0.717) is 18.6 Å². The van der Waals surface area contributed by atoms with Crippen molar-refractivity contribution in [2.24, 2.45) is 4.99 Å². The molecule has 3 atom stereocenters. The van der Waals surface area contributed by atoms with Gasteiger partial charge in [0, 0.05) is 25.2 Å². The molecule has 166 valence electrons.